The summed E-state index contributed by atoms with van der Waals surface area (Å²) in [5, 5.41) is 13.3. The summed E-state index contributed by atoms with van der Waals surface area (Å²) in [7, 11) is 3.18. The van der Waals surface area contributed by atoms with Crippen LogP contribution >= 0.6 is 0 Å². The number of fused-ring (bicyclic) bond motifs is 13. The smallest absolute Gasteiger partial charge is 0.262 e. The van der Waals surface area contributed by atoms with Gasteiger partial charge in [0.05, 0.1) is 54.5 Å². The van der Waals surface area contributed by atoms with Crippen LogP contribution in [0.5, 0.6) is 17.2 Å². The molecular formula is C34H25N3O6. The molecule has 6 aromatic rings. The second-order valence-corrected chi connectivity index (χ2v) is 11.6. The number of phenols is 1. The van der Waals surface area contributed by atoms with Crippen molar-refractivity contribution in [2.45, 2.75) is 31.5 Å². The van der Waals surface area contributed by atoms with E-state index >= 15 is 0 Å². The van der Waals surface area contributed by atoms with Crippen molar-refractivity contribution in [1.29, 1.82) is 0 Å². The molecule has 4 aromatic carbocycles. The summed E-state index contributed by atoms with van der Waals surface area (Å²) in [6.07, 6.45) is 0.975. The van der Waals surface area contributed by atoms with Crippen molar-refractivity contribution >= 4 is 61.2 Å². The Labute approximate surface area is 244 Å². The number of phenolic OH excluding ortho intramolecular Hbond substituents is 1. The zero-order chi connectivity index (χ0) is 29.3. The lowest BCUT2D eigenvalue weighted by Crippen LogP contribution is -2.29. The molecule has 0 spiro atoms. The number of benzene rings is 4. The molecule has 1 unspecified atom stereocenters. The Balaban J connectivity index is 1.45. The number of methoxy groups -OCH3 is 2. The normalized spacial score (nSPS) is 19.0. The number of rotatable bonds is 4. The first-order chi connectivity index (χ1) is 20.9. The van der Waals surface area contributed by atoms with E-state index in [4.69, 9.17) is 9.47 Å². The first-order valence-corrected chi connectivity index (χ1v) is 14.3. The maximum Gasteiger partial charge on any atom is 0.262 e. The van der Waals surface area contributed by atoms with E-state index in [1.165, 1.54) is 4.90 Å². The molecule has 1 aliphatic carbocycles. The van der Waals surface area contributed by atoms with Crippen molar-refractivity contribution in [1.82, 2.24) is 14.0 Å². The third-order valence-electron chi connectivity index (χ3n) is 9.57. The quantitative estimate of drug-likeness (QED) is 0.265. The second-order valence-electron chi connectivity index (χ2n) is 11.6. The van der Waals surface area contributed by atoms with Crippen LogP contribution in [0.25, 0.3) is 43.6 Å². The predicted octanol–water partition coefficient (Wildman–Crippen LogP) is 5.88. The lowest BCUT2D eigenvalue weighted by molar-refractivity contribution is -0.120. The number of nitrogens with zero attached hydrogens (tertiary/aromatic N) is 3. The monoisotopic (exact) mass is 571 g/mol. The third kappa shape index (κ3) is 2.93. The number of aromatic hydroxyl groups is 1. The molecule has 2 atom stereocenters. The molecule has 1 fully saturated rings. The van der Waals surface area contributed by atoms with Gasteiger partial charge in [-0.25, -0.2) is 0 Å². The molecule has 212 valence electrons. The van der Waals surface area contributed by atoms with E-state index in [-0.39, 0.29) is 35.9 Å². The van der Waals surface area contributed by atoms with Crippen LogP contribution in [0.1, 0.15) is 51.2 Å². The number of amides is 2. The number of carbonyl (C=O) groups excluding carboxylic acids is 3. The van der Waals surface area contributed by atoms with Crippen LogP contribution in [0, 0.1) is 0 Å². The molecule has 2 aromatic heterocycles. The fraction of sp³-hybridized carbons (Fsp3) is 0.206. The number of imide groups is 1. The number of ketones is 1. The minimum atomic E-state index is -0.394. The Bertz CT molecular complexity index is 2280. The molecule has 0 radical (unpaired) electrons. The predicted molar refractivity (Wildman–Crippen MR) is 160 cm³/mol. The van der Waals surface area contributed by atoms with E-state index in [2.05, 4.69) is 9.13 Å². The van der Waals surface area contributed by atoms with Crippen LogP contribution in [-0.2, 0) is 11.3 Å². The molecule has 2 bridgehead atoms. The van der Waals surface area contributed by atoms with Gasteiger partial charge in [0.25, 0.3) is 11.8 Å². The summed E-state index contributed by atoms with van der Waals surface area (Å²) >= 11 is 0. The van der Waals surface area contributed by atoms with Gasteiger partial charge in [-0.1, -0.05) is 12.1 Å². The van der Waals surface area contributed by atoms with Crippen molar-refractivity contribution in [3.63, 3.8) is 0 Å². The van der Waals surface area contributed by atoms with Gasteiger partial charge in [-0.05, 0) is 60.5 Å². The summed E-state index contributed by atoms with van der Waals surface area (Å²) in [5.41, 5.74) is 4.67. The third-order valence-corrected chi connectivity index (χ3v) is 9.57. The Morgan fingerprint density at radius 3 is 2.07 bits per heavy atom. The number of carbonyl (C=O) groups is 3. The fourth-order valence-corrected chi connectivity index (χ4v) is 7.78. The van der Waals surface area contributed by atoms with Crippen molar-refractivity contribution in [2.24, 2.45) is 0 Å². The summed E-state index contributed by atoms with van der Waals surface area (Å²) in [4.78, 5) is 43.8. The van der Waals surface area contributed by atoms with E-state index in [9.17, 15) is 19.5 Å². The molecular weight excluding hydrogens is 546 g/mol. The molecule has 0 saturated heterocycles. The van der Waals surface area contributed by atoms with Gasteiger partial charge in [-0.15, -0.1) is 0 Å². The lowest BCUT2D eigenvalue weighted by atomic mass is 9.96. The van der Waals surface area contributed by atoms with Gasteiger partial charge in [-0.2, -0.15) is 0 Å². The Kier molecular flexibility index (Phi) is 4.61. The summed E-state index contributed by atoms with van der Waals surface area (Å²) < 4.78 is 15.1. The molecule has 3 aliphatic rings. The van der Waals surface area contributed by atoms with E-state index < -0.39 is 6.04 Å². The summed E-state index contributed by atoms with van der Waals surface area (Å²) in [6, 6.07) is 17.6. The average molecular weight is 572 g/mol. The van der Waals surface area contributed by atoms with Gasteiger partial charge in [0.15, 0.2) is 5.78 Å². The van der Waals surface area contributed by atoms with Crippen molar-refractivity contribution in [2.75, 3.05) is 14.2 Å². The standard InChI is InChI=1S/C34H25N3O6/c1-42-19-6-3-16(4-7-19)15-35-33(40)29-27-21-13-18(38)5-9-23(21)36-17-11-25(26(39)12-17)37-24-10-8-20(43-2)14-22(24)28(30(29)34(35)41)32(37)31(27)36/h3-10,13-14,17,25,38H,11-12,15H2,1-2H3/t17-,25?/m0/s1. The van der Waals surface area contributed by atoms with Crippen LogP contribution in [0.4, 0.5) is 0 Å². The van der Waals surface area contributed by atoms with Gasteiger partial charge in [0, 0.05) is 39.5 Å². The van der Waals surface area contributed by atoms with Crippen LogP contribution in [0.3, 0.4) is 0 Å². The van der Waals surface area contributed by atoms with Crippen LogP contribution < -0.4 is 9.47 Å². The summed E-state index contributed by atoms with van der Waals surface area (Å²) in [6.45, 7) is 0.0922. The molecule has 2 aliphatic heterocycles. The second kappa shape index (κ2) is 8.16. The zero-order valence-electron chi connectivity index (χ0n) is 23.4. The highest BCUT2D eigenvalue weighted by atomic mass is 16.5. The maximum atomic E-state index is 14.5. The average Bonchev–Trinajstić information content (AvgIpc) is 3.69. The first-order valence-electron chi connectivity index (χ1n) is 14.3. The molecule has 9 heteroatoms. The lowest BCUT2D eigenvalue weighted by Gasteiger charge is -2.15. The van der Waals surface area contributed by atoms with Gasteiger partial charge >= 0.3 is 0 Å². The van der Waals surface area contributed by atoms with E-state index in [0.717, 1.165) is 33.0 Å². The van der Waals surface area contributed by atoms with Crippen LogP contribution in [0.15, 0.2) is 60.7 Å². The molecule has 1 saturated carbocycles. The van der Waals surface area contributed by atoms with E-state index in [1.54, 1.807) is 38.5 Å². The van der Waals surface area contributed by atoms with Gasteiger partial charge in [0.2, 0.25) is 0 Å². The van der Waals surface area contributed by atoms with Gasteiger partial charge in [0.1, 0.15) is 17.2 Å². The number of Topliss-reactive ketones (excluding diaryl/α,β-unsaturated/α-hetero) is 1. The minimum Gasteiger partial charge on any atom is -0.508 e. The molecule has 1 N–H and O–H groups in total. The van der Waals surface area contributed by atoms with Gasteiger partial charge < -0.3 is 23.7 Å². The molecule has 9 rings (SSSR count). The number of hydrogen-bond donors (Lipinski definition) is 1. The number of aromatic nitrogens is 2. The highest BCUT2D eigenvalue weighted by Gasteiger charge is 2.46. The van der Waals surface area contributed by atoms with E-state index in [1.807, 2.05) is 36.4 Å². The highest BCUT2D eigenvalue weighted by molar-refractivity contribution is 6.39. The Morgan fingerprint density at radius 1 is 0.767 bits per heavy atom. The van der Waals surface area contributed by atoms with Gasteiger partial charge in [-0.3, -0.25) is 19.3 Å². The van der Waals surface area contributed by atoms with Crippen molar-refractivity contribution in [3.05, 3.63) is 77.4 Å². The molecule has 4 heterocycles. The summed E-state index contributed by atoms with van der Waals surface area (Å²) in [5.74, 6) is 0.738. The molecule has 2 amide bonds. The fourth-order valence-electron chi connectivity index (χ4n) is 7.78. The first kappa shape index (κ1) is 24.3. The number of hydrogen-bond acceptors (Lipinski definition) is 6. The Hall–Kier alpha value is -5.31. The maximum absolute atomic E-state index is 14.5. The number of ether oxygens (including phenoxy) is 2. The Morgan fingerprint density at radius 2 is 1.37 bits per heavy atom. The van der Waals surface area contributed by atoms with Crippen molar-refractivity contribution in [3.8, 4) is 17.2 Å². The topological polar surface area (TPSA) is 103 Å². The largest absolute Gasteiger partial charge is 0.508 e. The highest BCUT2D eigenvalue weighted by Crippen LogP contribution is 2.54. The molecule has 9 nitrogen and oxygen atoms in total. The van der Waals surface area contributed by atoms with Crippen molar-refractivity contribution < 1.29 is 29.0 Å². The minimum absolute atomic E-state index is 0.0648. The van der Waals surface area contributed by atoms with Crippen LogP contribution in [-0.4, -0.2) is 51.0 Å². The zero-order valence-corrected chi connectivity index (χ0v) is 23.4. The SMILES string of the molecule is COc1ccc(CN2C(=O)c3c(c4c5cc(O)ccc5n5c4c4c3c3cc(OC)ccc3n4C3C[C@H]5CC3=O)C2=O)cc1. The van der Waals surface area contributed by atoms with Crippen LogP contribution in [0.2, 0.25) is 0 Å². The molecule has 43 heavy (non-hydrogen) atoms. The van der Waals surface area contributed by atoms with E-state index in [0.29, 0.717) is 51.6 Å².